The SMILES string of the molecule is CN(C)c1nccc2c1CCN(c1nnc(C3CC3)n1C)C2. The molecule has 0 unspecified atom stereocenters. The number of aromatic nitrogens is 4. The summed E-state index contributed by atoms with van der Waals surface area (Å²) < 4.78 is 2.18. The van der Waals surface area contributed by atoms with Crippen molar-refractivity contribution in [1.29, 1.82) is 0 Å². The van der Waals surface area contributed by atoms with Gasteiger partial charge < -0.3 is 14.4 Å². The van der Waals surface area contributed by atoms with Crippen molar-refractivity contribution in [2.24, 2.45) is 7.05 Å². The zero-order valence-electron chi connectivity index (χ0n) is 13.5. The summed E-state index contributed by atoms with van der Waals surface area (Å²) in [6, 6.07) is 2.13. The van der Waals surface area contributed by atoms with Gasteiger partial charge in [-0.15, -0.1) is 10.2 Å². The molecule has 0 N–H and O–H groups in total. The first kappa shape index (κ1) is 13.5. The van der Waals surface area contributed by atoms with E-state index in [1.54, 1.807) is 0 Å². The molecular weight excluding hydrogens is 276 g/mol. The highest BCUT2D eigenvalue weighted by molar-refractivity contribution is 5.53. The van der Waals surface area contributed by atoms with Crippen LogP contribution in [0.1, 0.15) is 35.7 Å². The fourth-order valence-corrected chi connectivity index (χ4v) is 3.33. The summed E-state index contributed by atoms with van der Waals surface area (Å²) in [7, 11) is 6.20. The first-order valence-electron chi connectivity index (χ1n) is 7.93. The van der Waals surface area contributed by atoms with Crippen molar-refractivity contribution in [3.63, 3.8) is 0 Å². The topological polar surface area (TPSA) is 50.1 Å². The van der Waals surface area contributed by atoms with Crippen molar-refractivity contribution >= 4 is 11.8 Å². The first-order valence-corrected chi connectivity index (χ1v) is 7.93. The Bertz CT molecular complexity index is 701. The molecule has 0 spiro atoms. The molecular formula is C16H22N6. The second-order valence-corrected chi connectivity index (χ2v) is 6.53. The van der Waals surface area contributed by atoms with E-state index in [-0.39, 0.29) is 0 Å². The zero-order chi connectivity index (χ0) is 15.3. The molecule has 1 saturated carbocycles. The summed E-state index contributed by atoms with van der Waals surface area (Å²) in [5.41, 5.74) is 2.72. The van der Waals surface area contributed by atoms with E-state index in [1.807, 2.05) is 6.20 Å². The van der Waals surface area contributed by atoms with Gasteiger partial charge >= 0.3 is 0 Å². The number of pyridine rings is 1. The van der Waals surface area contributed by atoms with Gasteiger partial charge in [0.2, 0.25) is 5.95 Å². The van der Waals surface area contributed by atoms with Gasteiger partial charge in [0, 0.05) is 51.9 Å². The van der Waals surface area contributed by atoms with Gasteiger partial charge in [-0.3, -0.25) is 0 Å². The van der Waals surface area contributed by atoms with Crippen LogP contribution in [0.2, 0.25) is 0 Å². The molecule has 2 aromatic rings. The lowest BCUT2D eigenvalue weighted by molar-refractivity contribution is 0.677. The van der Waals surface area contributed by atoms with E-state index in [0.29, 0.717) is 5.92 Å². The van der Waals surface area contributed by atoms with Crippen LogP contribution in [0, 0.1) is 0 Å². The first-order chi connectivity index (χ1) is 10.6. The van der Waals surface area contributed by atoms with Crippen LogP contribution in [0.15, 0.2) is 12.3 Å². The molecule has 6 nitrogen and oxygen atoms in total. The maximum atomic E-state index is 4.52. The number of fused-ring (bicyclic) bond motifs is 1. The fraction of sp³-hybridized carbons (Fsp3) is 0.562. The van der Waals surface area contributed by atoms with Gasteiger partial charge in [0.1, 0.15) is 11.6 Å². The van der Waals surface area contributed by atoms with E-state index in [0.717, 1.165) is 37.1 Å². The quantitative estimate of drug-likeness (QED) is 0.863. The Kier molecular flexibility index (Phi) is 3.06. The molecule has 4 rings (SSSR count). The van der Waals surface area contributed by atoms with Gasteiger partial charge in [0.25, 0.3) is 0 Å². The summed E-state index contributed by atoms with van der Waals surface area (Å²) in [5, 5.41) is 8.85. The average Bonchev–Trinajstić information content (AvgIpc) is 3.28. The van der Waals surface area contributed by atoms with Crippen LogP contribution in [0.5, 0.6) is 0 Å². The Morgan fingerprint density at radius 1 is 1.23 bits per heavy atom. The number of anilines is 2. The minimum Gasteiger partial charge on any atom is -0.363 e. The lowest BCUT2D eigenvalue weighted by Gasteiger charge is -2.31. The Hall–Kier alpha value is -2.11. The summed E-state index contributed by atoms with van der Waals surface area (Å²) >= 11 is 0. The Morgan fingerprint density at radius 2 is 2.05 bits per heavy atom. The molecule has 0 atom stereocenters. The van der Waals surface area contributed by atoms with Gasteiger partial charge in [-0.25, -0.2) is 4.98 Å². The van der Waals surface area contributed by atoms with Crippen molar-refractivity contribution < 1.29 is 0 Å². The highest BCUT2D eigenvalue weighted by Gasteiger charge is 2.31. The zero-order valence-corrected chi connectivity index (χ0v) is 13.5. The summed E-state index contributed by atoms with van der Waals surface area (Å²) in [6.45, 7) is 1.85. The molecule has 6 heteroatoms. The van der Waals surface area contributed by atoms with Crippen LogP contribution < -0.4 is 9.80 Å². The Labute approximate surface area is 130 Å². The van der Waals surface area contributed by atoms with Crippen molar-refractivity contribution in [1.82, 2.24) is 19.7 Å². The summed E-state index contributed by atoms with van der Waals surface area (Å²) in [5.74, 6) is 3.86. The molecule has 3 heterocycles. The monoisotopic (exact) mass is 298 g/mol. The van der Waals surface area contributed by atoms with Gasteiger partial charge in [0.15, 0.2) is 0 Å². The number of nitrogens with zero attached hydrogens (tertiary/aromatic N) is 6. The van der Waals surface area contributed by atoms with Crippen molar-refractivity contribution in [3.05, 3.63) is 29.2 Å². The molecule has 1 fully saturated rings. The Morgan fingerprint density at radius 3 is 2.77 bits per heavy atom. The molecule has 2 aliphatic rings. The molecule has 0 bridgehead atoms. The maximum Gasteiger partial charge on any atom is 0.227 e. The van der Waals surface area contributed by atoms with Gasteiger partial charge in [0.05, 0.1) is 0 Å². The molecule has 0 saturated heterocycles. The van der Waals surface area contributed by atoms with E-state index in [9.17, 15) is 0 Å². The van der Waals surface area contributed by atoms with Crippen LogP contribution in [0.3, 0.4) is 0 Å². The minimum absolute atomic E-state index is 0.632. The van der Waals surface area contributed by atoms with Crippen LogP contribution >= 0.6 is 0 Å². The average molecular weight is 298 g/mol. The second-order valence-electron chi connectivity index (χ2n) is 6.53. The number of hydrogen-bond donors (Lipinski definition) is 0. The normalized spacial score (nSPS) is 17.5. The van der Waals surface area contributed by atoms with Gasteiger partial charge in [-0.05, 0) is 30.9 Å². The molecule has 22 heavy (non-hydrogen) atoms. The van der Waals surface area contributed by atoms with E-state index < -0.39 is 0 Å². The standard InChI is InChI=1S/C16H22N6/c1-20(2)15-13-7-9-22(10-12(13)6-8-17-15)16-19-18-14(21(16)3)11-4-5-11/h6,8,11H,4-5,7,9-10H2,1-3H3. The lowest BCUT2D eigenvalue weighted by Crippen LogP contribution is -2.33. The van der Waals surface area contributed by atoms with Gasteiger partial charge in [-0.1, -0.05) is 0 Å². The Balaban J connectivity index is 1.63. The smallest absolute Gasteiger partial charge is 0.227 e. The summed E-state index contributed by atoms with van der Waals surface area (Å²) in [6.07, 6.45) is 5.42. The number of hydrogen-bond acceptors (Lipinski definition) is 5. The molecule has 0 aromatic carbocycles. The predicted octanol–water partition coefficient (Wildman–Crippen LogP) is 1.72. The van der Waals surface area contributed by atoms with Crippen LogP contribution in [0.25, 0.3) is 0 Å². The van der Waals surface area contributed by atoms with E-state index in [1.165, 1.54) is 24.0 Å². The molecule has 0 radical (unpaired) electrons. The van der Waals surface area contributed by atoms with E-state index in [2.05, 4.69) is 56.8 Å². The molecule has 116 valence electrons. The third kappa shape index (κ3) is 2.14. The van der Waals surface area contributed by atoms with Crippen LogP contribution in [-0.2, 0) is 20.0 Å². The predicted molar refractivity (Wildman–Crippen MR) is 86.3 cm³/mol. The van der Waals surface area contributed by atoms with Crippen molar-refractivity contribution in [2.75, 3.05) is 30.4 Å². The fourth-order valence-electron chi connectivity index (χ4n) is 3.33. The molecule has 1 aliphatic heterocycles. The van der Waals surface area contributed by atoms with Crippen molar-refractivity contribution in [3.8, 4) is 0 Å². The third-order valence-corrected chi connectivity index (χ3v) is 4.66. The van der Waals surface area contributed by atoms with Gasteiger partial charge in [-0.2, -0.15) is 0 Å². The second kappa shape index (κ2) is 4.97. The van der Waals surface area contributed by atoms with E-state index >= 15 is 0 Å². The highest BCUT2D eigenvalue weighted by Crippen LogP contribution is 2.40. The highest BCUT2D eigenvalue weighted by atomic mass is 15.4. The molecule has 1 aliphatic carbocycles. The van der Waals surface area contributed by atoms with Crippen LogP contribution in [0.4, 0.5) is 11.8 Å². The van der Waals surface area contributed by atoms with Crippen LogP contribution in [-0.4, -0.2) is 40.4 Å². The minimum atomic E-state index is 0.632. The number of rotatable bonds is 3. The lowest BCUT2D eigenvalue weighted by atomic mass is 10.0. The third-order valence-electron chi connectivity index (χ3n) is 4.66. The van der Waals surface area contributed by atoms with E-state index in [4.69, 9.17) is 0 Å². The molecule has 2 aromatic heterocycles. The molecule has 0 amide bonds. The largest absolute Gasteiger partial charge is 0.363 e. The summed E-state index contributed by atoms with van der Waals surface area (Å²) in [4.78, 5) is 8.95. The van der Waals surface area contributed by atoms with Crippen molar-refractivity contribution in [2.45, 2.75) is 31.7 Å². The maximum absolute atomic E-state index is 4.52.